The minimum Gasteiger partial charge on any atom is -0.385 e. The van der Waals surface area contributed by atoms with Crippen LogP contribution in [-0.2, 0) is 6.42 Å². The minimum atomic E-state index is 0.827. The molecule has 3 heterocycles. The van der Waals surface area contributed by atoms with Gasteiger partial charge in [-0.1, -0.05) is 11.3 Å². The van der Waals surface area contributed by atoms with Crippen molar-refractivity contribution in [3.05, 3.63) is 28.8 Å². The zero-order chi connectivity index (χ0) is 12.8. The van der Waals surface area contributed by atoms with E-state index in [1.165, 1.54) is 17.7 Å². The topological polar surface area (TPSA) is 55.1 Å². The van der Waals surface area contributed by atoms with E-state index in [1.807, 2.05) is 11.4 Å². The number of anilines is 1. The molecule has 0 saturated heterocycles. The highest BCUT2D eigenvalue weighted by Gasteiger charge is 2.15. The van der Waals surface area contributed by atoms with Crippen LogP contribution in [0, 0.1) is 6.92 Å². The molecule has 0 atom stereocenters. The number of hydrogen-bond donors (Lipinski definition) is 1. The van der Waals surface area contributed by atoms with Gasteiger partial charge in [0.15, 0.2) is 5.82 Å². The van der Waals surface area contributed by atoms with Gasteiger partial charge in [0.05, 0.1) is 0 Å². The smallest absolute Gasteiger partial charge is 0.234 e. The molecule has 4 rings (SSSR count). The van der Waals surface area contributed by atoms with Gasteiger partial charge in [-0.2, -0.15) is 9.61 Å². The Labute approximate surface area is 114 Å². The fraction of sp³-hybridized carbons (Fsp3) is 0.308. The first-order chi connectivity index (χ1) is 9.31. The molecule has 3 aromatic rings. The lowest BCUT2D eigenvalue weighted by Gasteiger charge is -2.18. The van der Waals surface area contributed by atoms with Crippen LogP contribution in [0.3, 0.4) is 0 Å². The van der Waals surface area contributed by atoms with Crippen LogP contribution in [0.4, 0.5) is 5.69 Å². The zero-order valence-electron chi connectivity index (χ0n) is 10.6. The van der Waals surface area contributed by atoms with Gasteiger partial charge >= 0.3 is 0 Å². The maximum absolute atomic E-state index is 4.46. The molecular formula is C13H13N5S. The molecule has 0 fully saturated rings. The predicted octanol–water partition coefficient (Wildman–Crippen LogP) is 2.52. The Hall–Kier alpha value is -1.95. The van der Waals surface area contributed by atoms with E-state index in [0.29, 0.717) is 0 Å². The summed E-state index contributed by atoms with van der Waals surface area (Å²) in [4.78, 5) is 0.850. The normalized spacial score (nSPS) is 14.4. The van der Waals surface area contributed by atoms with E-state index in [-0.39, 0.29) is 0 Å². The van der Waals surface area contributed by atoms with Crippen molar-refractivity contribution in [1.82, 2.24) is 19.8 Å². The predicted molar refractivity (Wildman–Crippen MR) is 75.6 cm³/mol. The highest BCUT2D eigenvalue weighted by molar-refractivity contribution is 7.16. The first kappa shape index (κ1) is 10.9. The molecule has 1 N–H and O–H groups in total. The fourth-order valence-corrected chi connectivity index (χ4v) is 3.19. The zero-order valence-corrected chi connectivity index (χ0v) is 11.4. The lowest BCUT2D eigenvalue weighted by atomic mass is 10.0. The van der Waals surface area contributed by atoms with Crippen LogP contribution in [0.15, 0.2) is 18.2 Å². The van der Waals surface area contributed by atoms with Crippen molar-refractivity contribution in [2.24, 2.45) is 0 Å². The third-order valence-electron chi connectivity index (χ3n) is 3.39. The molecule has 1 aromatic carbocycles. The fourth-order valence-electron chi connectivity index (χ4n) is 2.51. The number of benzene rings is 1. The second-order valence-corrected chi connectivity index (χ2v) is 5.90. The summed E-state index contributed by atoms with van der Waals surface area (Å²) in [6.07, 6.45) is 2.30. The lowest BCUT2D eigenvalue weighted by Crippen LogP contribution is -2.11. The van der Waals surface area contributed by atoms with Gasteiger partial charge in [-0.25, -0.2) is 0 Å². The Kier molecular flexibility index (Phi) is 2.32. The molecule has 96 valence electrons. The van der Waals surface area contributed by atoms with Crippen molar-refractivity contribution in [3.63, 3.8) is 0 Å². The van der Waals surface area contributed by atoms with Crippen molar-refractivity contribution in [2.75, 3.05) is 11.9 Å². The average Bonchev–Trinajstić information content (AvgIpc) is 2.97. The molecule has 0 unspecified atom stereocenters. The molecule has 2 aromatic heterocycles. The number of hydrogen-bond acceptors (Lipinski definition) is 5. The molecule has 6 heteroatoms. The quantitative estimate of drug-likeness (QED) is 0.739. The molecule has 0 amide bonds. The standard InChI is InChI=1S/C13H13N5S/c1-8-17-18-12(15-16-13(18)19-8)10-4-5-11-9(7-10)3-2-6-14-11/h4-5,7,14H,2-3,6H2,1H3. The maximum Gasteiger partial charge on any atom is 0.234 e. The highest BCUT2D eigenvalue weighted by atomic mass is 32.1. The van der Waals surface area contributed by atoms with Crippen molar-refractivity contribution >= 4 is 22.0 Å². The number of rotatable bonds is 1. The largest absolute Gasteiger partial charge is 0.385 e. The summed E-state index contributed by atoms with van der Waals surface area (Å²) in [7, 11) is 0. The molecule has 0 saturated carbocycles. The second-order valence-electron chi connectivity index (χ2n) is 4.74. The Morgan fingerprint density at radius 3 is 3.21 bits per heavy atom. The van der Waals surface area contributed by atoms with Gasteiger partial charge in [0, 0.05) is 17.8 Å². The molecule has 5 nitrogen and oxygen atoms in total. The molecule has 0 radical (unpaired) electrons. The van der Waals surface area contributed by atoms with Crippen LogP contribution < -0.4 is 5.32 Å². The van der Waals surface area contributed by atoms with Crippen LogP contribution in [-0.4, -0.2) is 26.4 Å². The molecule has 19 heavy (non-hydrogen) atoms. The van der Waals surface area contributed by atoms with E-state index < -0.39 is 0 Å². The molecule has 1 aliphatic heterocycles. The van der Waals surface area contributed by atoms with Gasteiger partial charge in [-0.3, -0.25) is 0 Å². The summed E-state index contributed by atoms with van der Waals surface area (Å²) >= 11 is 1.56. The highest BCUT2D eigenvalue weighted by Crippen LogP contribution is 2.28. The molecule has 0 bridgehead atoms. The summed E-state index contributed by atoms with van der Waals surface area (Å²) in [5.74, 6) is 0.827. The number of aromatic nitrogens is 4. The minimum absolute atomic E-state index is 0.827. The van der Waals surface area contributed by atoms with Crippen LogP contribution >= 0.6 is 11.3 Å². The van der Waals surface area contributed by atoms with E-state index in [4.69, 9.17) is 0 Å². The summed E-state index contributed by atoms with van der Waals surface area (Å²) in [5.41, 5.74) is 3.68. The first-order valence-corrected chi connectivity index (χ1v) is 7.19. The van der Waals surface area contributed by atoms with E-state index in [0.717, 1.165) is 34.3 Å². The van der Waals surface area contributed by atoms with Gasteiger partial charge in [-0.15, -0.1) is 10.2 Å². The van der Waals surface area contributed by atoms with Crippen molar-refractivity contribution < 1.29 is 0 Å². The van der Waals surface area contributed by atoms with Gasteiger partial charge in [0.25, 0.3) is 0 Å². The summed E-state index contributed by atoms with van der Waals surface area (Å²) < 4.78 is 1.83. The number of nitrogens with zero attached hydrogens (tertiary/aromatic N) is 4. The van der Waals surface area contributed by atoms with Gasteiger partial charge in [0.2, 0.25) is 4.96 Å². The van der Waals surface area contributed by atoms with Gasteiger partial charge in [-0.05, 0) is 43.5 Å². The third-order valence-corrected chi connectivity index (χ3v) is 4.21. The van der Waals surface area contributed by atoms with E-state index in [2.05, 4.69) is 38.8 Å². The maximum atomic E-state index is 4.46. The van der Waals surface area contributed by atoms with E-state index in [1.54, 1.807) is 11.3 Å². The molecule has 0 aliphatic carbocycles. The van der Waals surface area contributed by atoms with E-state index in [9.17, 15) is 0 Å². The number of nitrogens with one attached hydrogen (secondary N) is 1. The SMILES string of the molecule is Cc1nn2c(-c3ccc4c(c3)CCCN4)nnc2s1. The van der Waals surface area contributed by atoms with Crippen molar-refractivity contribution in [2.45, 2.75) is 19.8 Å². The van der Waals surface area contributed by atoms with Crippen LogP contribution in [0.1, 0.15) is 17.0 Å². The van der Waals surface area contributed by atoms with Crippen LogP contribution in [0.2, 0.25) is 0 Å². The number of aryl methyl sites for hydroxylation is 2. The molecule has 0 spiro atoms. The van der Waals surface area contributed by atoms with E-state index >= 15 is 0 Å². The summed E-state index contributed by atoms with van der Waals surface area (Å²) in [6.45, 7) is 3.05. The van der Waals surface area contributed by atoms with Gasteiger partial charge < -0.3 is 5.32 Å². The molecule has 1 aliphatic rings. The Bertz CT molecular complexity index is 758. The van der Waals surface area contributed by atoms with Crippen LogP contribution in [0.25, 0.3) is 16.3 Å². The monoisotopic (exact) mass is 271 g/mol. The Balaban J connectivity index is 1.87. The van der Waals surface area contributed by atoms with Crippen molar-refractivity contribution in [3.8, 4) is 11.4 Å². The lowest BCUT2D eigenvalue weighted by molar-refractivity contribution is 0.830. The van der Waals surface area contributed by atoms with Crippen LogP contribution in [0.5, 0.6) is 0 Å². The average molecular weight is 271 g/mol. The Morgan fingerprint density at radius 2 is 2.26 bits per heavy atom. The summed E-state index contributed by atoms with van der Waals surface area (Å²) in [5, 5.41) is 17.3. The van der Waals surface area contributed by atoms with Gasteiger partial charge in [0.1, 0.15) is 5.01 Å². The Morgan fingerprint density at radius 1 is 1.32 bits per heavy atom. The molecular weight excluding hydrogens is 258 g/mol. The first-order valence-electron chi connectivity index (χ1n) is 6.37. The number of fused-ring (bicyclic) bond motifs is 2. The second kappa shape index (κ2) is 4.03. The third kappa shape index (κ3) is 1.71. The summed E-state index contributed by atoms with van der Waals surface area (Å²) in [6, 6.07) is 6.42. The van der Waals surface area contributed by atoms with Crippen molar-refractivity contribution in [1.29, 1.82) is 0 Å².